The highest BCUT2D eigenvalue weighted by molar-refractivity contribution is 6.31. The van der Waals surface area contributed by atoms with Gasteiger partial charge in [-0.2, -0.15) is 0 Å². The molecule has 2 heteroatoms. The Hall–Kier alpha value is -2.22. The molecule has 0 saturated carbocycles. The van der Waals surface area contributed by atoms with Crippen LogP contribution < -0.4 is 0 Å². The lowest BCUT2D eigenvalue weighted by molar-refractivity contribution is 0.552. The van der Waals surface area contributed by atoms with E-state index in [-0.39, 0.29) is 0 Å². The lowest BCUT2D eigenvalue weighted by Gasteiger charge is -2.09. The van der Waals surface area contributed by atoms with Crippen molar-refractivity contribution in [2.45, 2.75) is 163 Å². The number of unbranched alkanes of at least 4 members (excludes halogenated alkanes) is 10. The third-order valence-corrected chi connectivity index (χ3v) is 7.90. The summed E-state index contributed by atoms with van der Waals surface area (Å²) in [5, 5.41) is 0. The molecular formula is C39H62N2. The predicted molar refractivity (Wildman–Crippen MR) is 185 cm³/mol. The second-order valence-electron chi connectivity index (χ2n) is 12.2. The number of aliphatic imine (C=N–C) groups is 2. The average Bonchev–Trinajstić information content (AvgIpc) is 2.95. The summed E-state index contributed by atoms with van der Waals surface area (Å²) in [7, 11) is 0. The van der Waals surface area contributed by atoms with Gasteiger partial charge in [-0.3, -0.25) is 9.98 Å². The molecule has 2 nitrogen and oxygen atoms in total. The van der Waals surface area contributed by atoms with E-state index in [2.05, 4.69) is 77.2 Å². The van der Waals surface area contributed by atoms with Crippen LogP contribution in [-0.4, -0.2) is 11.9 Å². The topological polar surface area (TPSA) is 24.7 Å². The molecule has 0 N–H and O–H groups in total. The van der Waals surface area contributed by atoms with Crippen LogP contribution in [-0.2, 0) is 25.7 Å². The molecule has 0 heterocycles. The second kappa shape index (κ2) is 22.4. The Balaban J connectivity index is 2.13. The van der Waals surface area contributed by atoms with Gasteiger partial charge in [0.15, 0.2) is 0 Å². The standard InChI is InChI=1S/C39H62N2/c1-6-11-12-13-14-15-16-17-18-19-20-25-37(41-39-30-35(23-9-4)27-36(31-39)24-10-5)32-40-38-28-33(21-7-2)26-34(29-38)22-8-3/h26-32H,6-25H2,1-5H3. The van der Waals surface area contributed by atoms with Crippen molar-refractivity contribution in [3.05, 3.63) is 58.7 Å². The number of aryl methyl sites for hydroxylation is 4. The van der Waals surface area contributed by atoms with Crippen LogP contribution in [0.25, 0.3) is 0 Å². The monoisotopic (exact) mass is 558 g/mol. The van der Waals surface area contributed by atoms with Gasteiger partial charge in [0.2, 0.25) is 0 Å². The Morgan fingerprint density at radius 3 is 1.27 bits per heavy atom. The van der Waals surface area contributed by atoms with E-state index in [1.54, 1.807) is 0 Å². The third-order valence-electron chi connectivity index (χ3n) is 7.90. The molecule has 0 spiro atoms. The number of nitrogens with zero attached hydrogens (tertiary/aromatic N) is 2. The van der Waals surface area contributed by atoms with E-state index in [0.717, 1.165) is 49.2 Å². The van der Waals surface area contributed by atoms with Gasteiger partial charge in [-0.05, 0) is 85.0 Å². The largest absolute Gasteiger partial charge is 0.255 e. The minimum atomic E-state index is 0.998. The summed E-state index contributed by atoms with van der Waals surface area (Å²) >= 11 is 0. The lowest BCUT2D eigenvalue weighted by atomic mass is 10.0. The number of hydrogen-bond donors (Lipinski definition) is 0. The molecule has 0 saturated heterocycles. The molecular weight excluding hydrogens is 496 g/mol. The quantitative estimate of drug-likeness (QED) is 0.0957. The fourth-order valence-electron chi connectivity index (χ4n) is 5.79. The zero-order chi connectivity index (χ0) is 29.5. The Kier molecular flexibility index (Phi) is 19.1. The van der Waals surface area contributed by atoms with Crippen molar-refractivity contribution in [3.8, 4) is 0 Å². The van der Waals surface area contributed by atoms with Crippen LogP contribution >= 0.6 is 0 Å². The third kappa shape index (κ3) is 15.5. The first-order chi connectivity index (χ1) is 20.1. The van der Waals surface area contributed by atoms with Crippen LogP contribution in [0.4, 0.5) is 11.4 Å². The van der Waals surface area contributed by atoms with Crippen molar-refractivity contribution in [2.75, 3.05) is 0 Å². The van der Waals surface area contributed by atoms with Crippen molar-refractivity contribution in [2.24, 2.45) is 9.98 Å². The van der Waals surface area contributed by atoms with Crippen LogP contribution in [0.2, 0.25) is 0 Å². The van der Waals surface area contributed by atoms with Gasteiger partial charge in [0.25, 0.3) is 0 Å². The van der Waals surface area contributed by atoms with E-state index < -0.39 is 0 Å². The first-order valence-corrected chi connectivity index (χ1v) is 17.5. The summed E-state index contributed by atoms with van der Waals surface area (Å²) in [6, 6.07) is 13.9. The fourth-order valence-corrected chi connectivity index (χ4v) is 5.79. The first kappa shape index (κ1) is 35.0. The van der Waals surface area contributed by atoms with Crippen LogP contribution in [0, 0.1) is 0 Å². The summed E-state index contributed by atoms with van der Waals surface area (Å²) in [4.78, 5) is 10.2. The molecule has 0 unspecified atom stereocenters. The van der Waals surface area contributed by atoms with E-state index in [9.17, 15) is 0 Å². The first-order valence-electron chi connectivity index (χ1n) is 17.5. The zero-order valence-corrected chi connectivity index (χ0v) is 27.6. The van der Waals surface area contributed by atoms with Gasteiger partial charge >= 0.3 is 0 Å². The molecule has 41 heavy (non-hydrogen) atoms. The van der Waals surface area contributed by atoms with Gasteiger partial charge in [0.05, 0.1) is 17.1 Å². The van der Waals surface area contributed by atoms with Gasteiger partial charge in [-0.15, -0.1) is 0 Å². The molecule has 0 aliphatic heterocycles. The molecule has 0 aliphatic rings. The zero-order valence-electron chi connectivity index (χ0n) is 27.6. The summed E-state index contributed by atoms with van der Waals surface area (Å²) in [6.45, 7) is 11.3. The molecule has 2 rings (SSSR count). The van der Waals surface area contributed by atoms with Crippen molar-refractivity contribution < 1.29 is 0 Å². The Labute approximate surface area is 254 Å². The van der Waals surface area contributed by atoms with Gasteiger partial charge in [0.1, 0.15) is 0 Å². The molecule has 228 valence electrons. The minimum absolute atomic E-state index is 0.998. The highest BCUT2D eigenvalue weighted by atomic mass is 14.8. The highest BCUT2D eigenvalue weighted by Crippen LogP contribution is 2.23. The number of hydrogen-bond acceptors (Lipinski definition) is 2. The SMILES string of the molecule is CCCCCCCCCCCCCC(C=Nc1cc(CCC)cc(CCC)c1)=Nc1cc(CCC)cc(CCC)c1. The average molecular weight is 559 g/mol. The maximum absolute atomic E-state index is 5.23. The summed E-state index contributed by atoms with van der Waals surface area (Å²) in [6.07, 6.45) is 27.2. The fraction of sp³-hybridized carbons (Fsp3) is 0.641. The molecule has 0 amide bonds. The van der Waals surface area contributed by atoms with E-state index >= 15 is 0 Å². The van der Waals surface area contributed by atoms with Gasteiger partial charge in [-0.1, -0.05) is 137 Å². The number of rotatable bonds is 23. The van der Waals surface area contributed by atoms with E-state index in [0.29, 0.717) is 0 Å². The lowest BCUT2D eigenvalue weighted by Crippen LogP contribution is -2.01. The predicted octanol–water partition coefficient (Wildman–Crippen LogP) is 12.7. The Morgan fingerprint density at radius 1 is 0.463 bits per heavy atom. The maximum atomic E-state index is 5.23. The molecule has 2 aromatic carbocycles. The van der Waals surface area contributed by atoms with Crippen LogP contribution in [0.15, 0.2) is 46.4 Å². The number of benzene rings is 2. The van der Waals surface area contributed by atoms with Gasteiger partial charge in [0, 0.05) is 6.21 Å². The Bertz CT molecular complexity index is 968. The van der Waals surface area contributed by atoms with E-state index in [1.807, 2.05) is 0 Å². The van der Waals surface area contributed by atoms with Crippen LogP contribution in [0.1, 0.15) is 160 Å². The van der Waals surface area contributed by atoms with Gasteiger partial charge < -0.3 is 0 Å². The van der Waals surface area contributed by atoms with Crippen molar-refractivity contribution in [3.63, 3.8) is 0 Å². The molecule has 2 aromatic rings. The molecule has 0 aliphatic carbocycles. The molecule has 0 radical (unpaired) electrons. The summed E-state index contributed by atoms with van der Waals surface area (Å²) in [5.41, 5.74) is 8.96. The Morgan fingerprint density at radius 2 is 0.854 bits per heavy atom. The molecule has 0 fully saturated rings. The second-order valence-corrected chi connectivity index (χ2v) is 12.2. The molecule has 0 bridgehead atoms. The molecule has 0 atom stereocenters. The summed E-state index contributed by atoms with van der Waals surface area (Å²) in [5.74, 6) is 0. The normalized spacial score (nSPS) is 12.1. The van der Waals surface area contributed by atoms with Crippen molar-refractivity contribution >= 4 is 23.3 Å². The van der Waals surface area contributed by atoms with Gasteiger partial charge in [-0.25, -0.2) is 0 Å². The van der Waals surface area contributed by atoms with E-state index in [4.69, 9.17) is 9.98 Å². The van der Waals surface area contributed by atoms with Crippen LogP contribution in [0.3, 0.4) is 0 Å². The van der Waals surface area contributed by atoms with Crippen LogP contribution in [0.5, 0.6) is 0 Å². The van der Waals surface area contributed by atoms with Crippen molar-refractivity contribution in [1.29, 1.82) is 0 Å². The molecule has 0 aromatic heterocycles. The highest BCUT2D eigenvalue weighted by Gasteiger charge is 2.05. The smallest absolute Gasteiger partial charge is 0.0639 e. The van der Waals surface area contributed by atoms with Crippen molar-refractivity contribution in [1.82, 2.24) is 0 Å². The summed E-state index contributed by atoms with van der Waals surface area (Å²) < 4.78 is 0. The minimum Gasteiger partial charge on any atom is -0.255 e. The van der Waals surface area contributed by atoms with E-state index in [1.165, 1.54) is 119 Å². The maximum Gasteiger partial charge on any atom is 0.0639 e.